The predicted molar refractivity (Wildman–Crippen MR) is 91.6 cm³/mol. The topological polar surface area (TPSA) is 93.2 Å². The smallest absolute Gasteiger partial charge is 0.250 e. The zero-order valence-corrected chi connectivity index (χ0v) is 14.9. The number of carbonyl (C=O) groups excluding carboxylic acids is 2. The summed E-state index contributed by atoms with van der Waals surface area (Å²) in [6, 6.07) is 1.36. The molecule has 2 amide bonds. The SMILES string of the molecule is CCCC(C)(N)C(=O)NC1CCN(c2cc(C)nn2C)C1=O.Cl. The number of hydrogen-bond donors (Lipinski definition) is 2. The van der Waals surface area contributed by atoms with Crippen molar-refractivity contribution in [2.24, 2.45) is 12.8 Å². The van der Waals surface area contributed by atoms with E-state index in [-0.39, 0.29) is 24.2 Å². The van der Waals surface area contributed by atoms with Gasteiger partial charge >= 0.3 is 0 Å². The molecule has 8 heteroatoms. The lowest BCUT2D eigenvalue weighted by atomic mass is 9.96. The number of amides is 2. The van der Waals surface area contributed by atoms with E-state index in [1.54, 1.807) is 23.6 Å². The largest absolute Gasteiger partial charge is 0.343 e. The minimum Gasteiger partial charge on any atom is -0.343 e. The van der Waals surface area contributed by atoms with Gasteiger partial charge in [-0.1, -0.05) is 13.3 Å². The molecule has 1 aliphatic heterocycles. The minimum atomic E-state index is -0.939. The quantitative estimate of drug-likeness (QED) is 0.830. The summed E-state index contributed by atoms with van der Waals surface area (Å²) in [5.74, 6) is 0.378. The van der Waals surface area contributed by atoms with Crippen molar-refractivity contribution in [1.82, 2.24) is 15.1 Å². The number of hydrogen-bond acceptors (Lipinski definition) is 4. The number of carbonyl (C=O) groups is 2. The monoisotopic (exact) mass is 343 g/mol. The van der Waals surface area contributed by atoms with Crippen LogP contribution in [0, 0.1) is 6.92 Å². The molecule has 130 valence electrons. The highest BCUT2D eigenvalue weighted by Gasteiger charge is 2.38. The van der Waals surface area contributed by atoms with Crippen molar-refractivity contribution in [3.05, 3.63) is 11.8 Å². The Hall–Kier alpha value is -1.60. The molecular weight excluding hydrogens is 318 g/mol. The van der Waals surface area contributed by atoms with E-state index in [0.29, 0.717) is 19.4 Å². The van der Waals surface area contributed by atoms with Crippen molar-refractivity contribution in [1.29, 1.82) is 0 Å². The van der Waals surface area contributed by atoms with Gasteiger partial charge in [-0.15, -0.1) is 12.4 Å². The molecule has 2 rings (SSSR count). The molecule has 1 fully saturated rings. The number of rotatable bonds is 5. The van der Waals surface area contributed by atoms with Gasteiger partial charge in [0.2, 0.25) is 5.91 Å². The Morgan fingerprint density at radius 2 is 2.22 bits per heavy atom. The Morgan fingerprint density at radius 3 is 2.74 bits per heavy atom. The first-order valence-electron chi connectivity index (χ1n) is 7.68. The van der Waals surface area contributed by atoms with Crippen LogP contribution in [-0.2, 0) is 16.6 Å². The summed E-state index contributed by atoms with van der Waals surface area (Å²) in [6.07, 6.45) is 1.99. The molecule has 1 aliphatic rings. The van der Waals surface area contributed by atoms with E-state index in [4.69, 9.17) is 5.73 Å². The van der Waals surface area contributed by atoms with Crippen LogP contribution < -0.4 is 16.0 Å². The Morgan fingerprint density at radius 1 is 1.57 bits per heavy atom. The van der Waals surface area contributed by atoms with Crippen LogP contribution in [0.5, 0.6) is 0 Å². The average Bonchev–Trinajstić information content (AvgIpc) is 2.93. The lowest BCUT2D eigenvalue weighted by molar-refractivity contribution is -0.130. The molecule has 0 saturated carbocycles. The van der Waals surface area contributed by atoms with Crippen molar-refractivity contribution in [2.45, 2.75) is 51.6 Å². The lowest BCUT2D eigenvalue weighted by Gasteiger charge is -2.25. The number of nitrogens with zero attached hydrogens (tertiary/aromatic N) is 3. The van der Waals surface area contributed by atoms with Crippen molar-refractivity contribution in [3.8, 4) is 0 Å². The highest BCUT2D eigenvalue weighted by molar-refractivity contribution is 6.01. The van der Waals surface area contributed by atoms with E-state index in [2.05, 4.69) is 10.4 Å². The maximum atomic E-state index is 12.5. The van der Waals surface area contributed by atoms with Crippen molar-refractivity contribution < 1.29 is 9.59 Å². The first-order valence-corrected chi connectivity index (χ1v) is 7.68. The third-order valence-corrected chi connectivity index (χ3v) is 4.05. The van der Waals surface area contributed by atoms with Gasteiger partial charge in [0.15, 0.2) is 0 Å². The van der Waals surface area contributed by atoms with Gasteiger partial charge in [0, 0.05) is 19.7 Å². The molecule has 0 bridgehead atoms. The van der Waals surface area contributed by atoms with Crippen LogP contribution in [0.2, 0.25) is 0 Å². The predicted octanol–water partition coefficient (Wildman–Crippen LogP) is 0.889. The maximum absolute atomic E-state index is 12.5. The molecule has 1 saturated heterocycles. The fourth-order valence-electron chi connectivity index (χ4n) is 2.85. The van der Waals surface area contributed by atoms with Crippen LogP contribution in [0.25, 0.3) is 0 Å². The average molecular weight is 344 g/mol. The number of nitrogens with two attached hydrogens (primary N) is 1. The fourth-order valence-corrected chi connectivity index (χ4v) is 2.85. The third-order valence-electron chi connectivity index (χ3n) is 4.05. The number of halogens is 1. The van der Waals surface area contributed by atoms with Crippen molar-refractivity contribution in [2.75, 3.05) is 11.4 Å². The van der Waals surface area contributed by atoms with Gasteiger partial charge in [-0.25, -0.2) is 0 Å². The van der Waals surface area contributed by atoms with Gasteiger partial charge in [0.1, 0.15) is 11.9 Å². The molecule has 0 aliphatic carbocycles. The molecular formula is C15H26ClN5O2. The van der Waals surface area contributed by atoms with Crippen LogP contribution in [-0.4, -0.2) is 39.7 Å². The Bertz CT molecular complexity index is 584. The Balaban J connectivity index is 0.00000264. The van der Waals surface area contributed by atoms with Gasteiger partial charge in [0.05, 0.1) is 11.2 Å². The van der Waals surface area contributed by atoms with Crippen LogP contribution in [0.4, 0.5) is 5.82 Å². The molecule has 0 spiro atoms. The van der Waals surface area contributed by atoms with Crippen LogP contribution >= 0.6 is 12.4 Å². The van der Waals surface area contributed by atoms with Crippen LogP contribution in [0.15, 0.2) is 6.07 Å². The molecule has 1 aromatic heterocycles. The minimum absolute atomic E-state index is 0. The zero-order chi connectivity index (χ0) is 16.5. The Labute approximate surface area is 143 Å². The van der Waals surface area contributed by atoms with Gasteiger partial charge in [-0.2, -0.15) is 5.10 Å². The molecule has 0 aromatic carbocycles. The van der Waals surface area contributed by atoms with E-state index in [0.717, 1.165) is 17.9 Å². The van der Waals surface area contributed by atoms with Gasteiger partial charge in [-0.3, -0.25) is 19.2 Å². The number of nitrogens with one attached hydrogen (secondary N) is 1. The summed E-state index contributed by atoms with van der Waals surface area (Å²) in [5, 5.41) is 7.05. The molecule has 7 nitrogen and oxygen atoms in total. The number of anilines is 1. The van der Waals surface area contributed by atoms with E-state index in [9.17, 15) is 9.59 Å². The first kappa shape index (κ1) is 19.4. The highest BCUT2D eigenvalue weighted by Crippen LogP contribution is 2.22. The fraction of sp³-hybridized carbons (Fsp3) is 0.667. The van der Waals surface area contributed by atoms with Gasteiger partial charge in [0.25, 0.3) is 5.91 Å². The van der Waals surface area contributed by atoms with E-state index in [1.165, 1.54) is 0 Å². The second-order valence-corrected chi connectivity index (χ2v) is 6.24. The highest BCUT2D eigenvalue weighted by atomic mass is 35.5. The second-order valence-electron chi connectivity index (χ2n) is 6.24. The van der Waals surface area contributed by atoms with E-state index < -0.39 is 11.6 Å². The normalized spacial score (nSPS) is 20.1. The van der Waals surface area contributed by atoms with Crippen LogP contribution in [0.3, 0.4) is 0 Å². The molecule has 23 heavy (non-hydrogen) atoms. The van der Waals surface area contributed by atoms with Crippen LogP contribution in [0.1, 0.15) is 38.8 Å². The van der Waals surface area contributed by atoms with Gasteiger partial charge < -0.3 is 11.1 Å². The lowest BCUT2D eigenvalue weighted by Crippen LogP contribution is -2.55. The van der Waals surface area contributed by atoms with E-state index >= 15 is 0 Å². The summed E-state index contributed by atoms with van der Waals surface area (Å²) in [7, 11) is 1.81. The molecule has 2 unspecified atom stereocenters. The summed E-state index contributed by atoms with van der Waals surface area (Å²) >= 11 is 0. The molecule has 1 aromatic rings. The summed E-state index contributed by atoms with van der Waals surface area (Å²) in [4.78, 5) is 26.4. The van der Waals surface area contributed by atoms with Crippen molar-refractivity contribution in [3.63, 3.8) is 0 Å². The van der Waals surface area contributed by atoms with E-state index in [1.807, 2.05) is 19.9 Å². The summed E-state index contributed by atoms with van der Waals surface area (Å²) in [5.41, 5.74) is 5.93. The third kappa shape index (κ3) is 4.03. The standard InChI is InChI=1S/C15H25N5O2.ClH/c1-5-7-15(3,16)14(22)17-11-6-8-20(13(11)21)12-9-10(2)18-19(12)4;/h9,11H,5-8,16H2,1-4H3,(H,17,22);1H. The summed E-state index contributed by atoms with van der Waals surface area (Å²) in [6.45, 7) is 6.13. The number of aromatic nitrogens is 2. The number of aryl methyl sites for hydroxylation is 2. The summed E-state index contributed by atoms with van der Waals surface area (Å²) < 4.78 is 1.68. The molecule has 0 radical (unpaired) electrons. The molecule has 3 N–H and O–H groups in total. The van der Waals surface area contributed by atoms with Gasteiger partial charge in [-0.05, 0) is 26.7 Å². The van der Waals surface area contributed by atoms with Crippen molar-refractivity contribution >= 4 is 30.0 Å². The molecule has 2 heterocycles. The zero-order valence-electron chi connectivity index (χ0n) is 14.1. The first-order chi connectivity index (χ1) is 10.3. The second kappa shape index (κ2) is 7.31. The molecule has 2 atom stereocenters. The maximum Gasteiger partial charge on any atom is 0.250 e. The Kier molecular flexibility index (Phi) is 6.18.